The van der Waals surface area contributed by atoms with Crippen molar-refractivity contribution in [1.82, 2.24) is 15.0 Å². The number of carbonyl (C=O) groups excluding carboxylic acids is 2. The van der Waals surface area contributed by atoms with Crippen LogP contribution in [-0.2, 0) is 19.6 Å². The van der Waals surface area contributed by atoms with Gasteiger partial charge in [0.1, 0.15) is 10.5 Å². The van der Waals surface area contributed by atoms with Crippen LogP contribution in [0.5, 0.6) is 0 Å². The average Bonchev–Trinajstić information content (AvgIpc) is 2.71. The molecule has 23 heavy (non-hydrogen) atoms. The monoisotopic (exact) mass is 345 g/mol. The largest absolute Gasteiger partial charge is 0.462 e. The molecule has 0 saturated carbocycles. The van der Waals surface area contributed by atoms with Crippen LogP contribution in [0.1, 0.15) is 42.5 Å². The molecule has 1 aromatic heterocycles. The third-order valence-electron chi connectivity index (χ3n) is 2.94. The van der Waals surface area contributed by atoms with E-state index in [-0.39, 0.29) is 23.1 Å². The molecule has 0 saturated heterocycles. The first-order valence-electron chi connectivity index (χ1n) is 7.25. The van der Waals surface area contributed by atoms with Crippen molar-refractivity contribution in [2.75, 3.05) is 13.2 Å². The third-order valence-corrected chi connectivity index (χ3v) is 4.51. The van der Waals surface area contributed by atoms with Crippen LogP contribution in [0.25, 0.3) is 0 Å². The highest BCUT2D eigenvalue weighted by molar-refractivity contribution is 7.89. The van der Waals surface area contributed by atoms with Gasteiger partial charge in [-0.1, -0.05) is 0 Å². The lowest BCUT2D eigenvalue weighted by molar-refractivity contribution is -0.120. The lowest BCUT2D eigenvalue weighted by Gasteiger charge is -2.11. The molecule has 8 nitrogen and oxygen atoms in total. The van der Waals surface area contributed by atoms with Crippen molar-refractivity contribution in [2.45, 2.75) is 45.6 Å². The number of esters is 1. The van der Waals surface area contributed by atoms with Crippen molar-refractivity contribution in [3.05, 3.63) is 17.0 Å². The Labute approximate surface area is 136 Å². The number of hydrogen-bond donors (Lipinski definition) is 3. The molecule has 130 valence electrons. The van der Waals surface area contributed by atoms with Crippen molar-refractivity contribution < 1.29 is 22.7 Å². The van der Waals surface area contributed by atoms with Gasteiger partial charge in [-0.15, -0.1) is 0 Å². The van der Waals surface area contributed by atoms with Crippen molar-refractivity contribution in [3.63, 3.8) is 0 Å². The first-order valence-corrected chi connectivity index (χ1v) is 8.73. The van der Waals surface area contributed by atoms with Gasteiger partial charge in [0.05, 0.1) is 13.2 Å². The summed E-state index contributed by atoms with van der Waals surface area (Å²) in [5.41, 5.74) is 0.663. The molecule has 0 unspecified atom stereocenters. The molecule has 0 aliphatic carbocycles. The smallest absolute Gasteiger partial charge is 0.341 e. The van der Waals surface area contributed by atoms with E-state index >= 15 is 0 Å². The van der Waals surface area contributed by atoms with E-state index in [9.17, 15) is 18.0 Å². The Morgan fingerprint density at radius 3 is 2.35 bits per heavy atom. The van der Waals surface area contributed by atoms with E-state index in [2.05, 4.69) is 15.0 Å². The minimum Gasteiger partial charge on any atom is -0.462 e. The summed E-state index contributed by atoms with van der Waals surface area (Å²) in [4.78, 5) is 26.3. The molecule has 3 N–H and O–H groups in total. The van der Waals surface area contributed by atoms with Crippen LogP contribution in [0.15, 0.2) is 4.90 Å². The van der Waals surface area contributed by atoms with Crippen LogP contribution in [0, 0.1) is 13.8 Å². The Balaban J connectivity index is 3.09. The number of H-pyrrole nitrogens is 1. The maximum absolute atomic E-state index is 12.5. The standard InChI is InChI=1S/C14H23N3O5S/c1-6-22-14(19)12-9(4)17-10(5)13(12)23(20,21)15-7-11(18)16-8(2)3/h8,15,17H,6-7H2,1-5H3,(H,16,18). The van der Waals surface area contributed by atoms with E-state index in [0.717, 1.165) is 0 Å². The fourth-order valence-electron chi connectivity index (χ4n) is 2.15. The van der Waals surface area contributed by atoms with Crippen molar-refractivity contribution in [3.8, 4) is 0 Å². The zero-order valence-electron chi connectivity index (χ0n) is 13.9. The molecule has 0 aliphatic rings. The van der Waals surface area contributed by atoms with Crippen LogP contribution < -0.4 is 10.0 Å². The molecule has 0 radical (unpaired) electrons. The molecule has 1 rings (SSSR count). The van der Waals surface area contributed by atoms with Gasteiger partial charge in [0.2, 0.25) is 15.9 Å². The number of rotatable bonds is 7. The molecule has 0 spiro atoms. The van der Waals surface area contributed by atoms with Crippen LogP contribution in [0.2, 0.25) is 0 Å². The van der Waals surface area contributed by atoms with Gasteiger partial charge in [0, 0.05) is 17.4 Å². The molecular weight excluding hydrogens is 322 g/mol. The lowest BCUT2D eigenvalue weighted by Crippen LogP contribution is -2.40. The molecule has 0 fully saturated rings. The van der Waals surface area contributed by atoms with Gasteiger partial charge in [-0.3, -0.25) is 4.79 Å². The lowest BCUT2D eigenvalue weighted by atomic mass is 10.2. The van der Waals surface area contributed by atoms with E-state index in [1.165, 1.54) is 0 Å². The van der Waals surface area contributed by atoms with Crippen molar-refractivity contribution in [1.29, 1.82) is 0 Å². The summed E-state index contributed by atoms with van der Waals surface area (Å²) in [5, 5.41) is 2.58. The quantitative estimate of drug-likeness (QED) is 0.626. The Kier molecular flexibility index (Phi) is 6.34. The summed E-state index contributed by atoms with van der Waals surface area (Å²) in [6, 6.07) is -0.0988. The normalized spacial score (nSPS) is 11.6. The number of ether oxygens (including phenoxy) is 1. The first kappa shape index (κ1) is 19.2. The number of amides is 1. The molecule has 1 amide bonds. The molecule has 9 heteroatoms. The molecule has 1 heterocycles. The number of nitrogens with one attached hydrogen (secondary N) is 3. The van der Waals surface area contributed by atoms with Crippen LogP contribution in [-0.4, -0.2) is 44.5 Å². The molecule has 0 atom stereocenters. The highest BCUT2D eigenvalue weighted by Crippen LogP contribution is 2.24. The molecule has 1 aromatic rings. The zero-order valence-corrected chi connectivity index (χ0v) is 14.8. The van der Waals surface area contributed by atoms with Gasteiger partial charge in [0.15, 0.2) is 0 Å². The second-order valence-corrected chi connectivity index (χ2v) is 7.05. The fraction of sp³-hybridized carbons (Fsp3) is 0.571. The maximum atomic E-state index is 12.5. The Morgan fingerprint density at radius 1 is 1.22 bits per heavy atom. The highest BCUT2D eigenvalue weighted by Gasteiger charge is 2.30. The summed E-state index contributed by atoms with van der Waals surface area (Å²) in [5.74, 6) is -1.17. The van der Waals surface area contributed by atoms with E-state index in [1.807, 2.05) is 0 Å². The van der Waals surface area contributed by atoms with Gasteiger partial charge in [-0.25, -0.2) is 17.9 Å². The second kappa shape index (κ2) is 7.60. The second-order valence-electron chi connectivity index (χ2n) is 5.35. The predicted molar refractivity (Wildman–Crippen MR) is 84.7 cm³/mol. The van der Waals surface area contributed by atoms with E-state index < -0.39 is 28.4 Å². The number of carbonyl (C=O) groups is 2. The SMILES string of the molecule is CCOC(=O)c1c(C)[nH]c(C)c1S(=O)(=O)NCC(=O)NC(C)C. The maximum Gasteiger partial charge on any atom is 0.341 e. The molecule has 0 aromatic carbocycles. The number of aromatic nitrogens is 1. The van der Waals surface area contributed by atoms with E-state index in [4.69, 9.17) is 4.74 Å². The summed E-state index contributed by atoms with van der Waals surface area (Å²) >= 11 is 0. The van der Waals surface area contributed by atoms with Crippen LogP contribution in [0.4, 0.5) is 0 Å². The predicted octanol–water partition coefficient (Wildman–Crippen LogP) is 0.611. The molecule has 0 aliphatic heterocycles. The van der Waals surface area contributed by atoms with Gasteiger partial charge < -0.3 is 15.0 Å². The Morgan fingerprint density at radius 2 is 1.83 bits per heavy atom. The average molecular weight is 345 g/mol. The van der Waals surface area contributed by atoms with E-state index in [0.29, 0.717) is 11.4 Å². The van der Waals surface area contributed by atoms with Gasteiger partial charge in [0.25, 0.3) is 0 Å². The Bertz CT molecular complexity index is 692. The van der Waals surface area contributed by atoms with Crippen molar-refractivity contribution in [2.24, 2.45) is 0 Å². The summed E-state index contributed by atoms with van der Waals surface area (Å²) in [7, 11) is -4.04. The van der Waals surface area contributed by atoms with Gasteiger partial charge in [-0.2, -0.15) is 0 Å². The van der Waals surface area contributed by atoms with Crippen LogP contribution >= 0.6 is 0 Å². The van der Waals surface area contributed by atoms with Gasteiger partial charge >= 0.3 is 5.97 Å². The molecule has 0 bridgehead atoms. The highest BCUT2D eigenvalue weighted by atomic mass is 32.2. The van der Waals surface area contributed by atoms with E-state index in [1.54, 1.807) is 34.6 Å². The zero-order chi connectivity index (χ0) is 17.8. The minimum absolute atomic E-state index is 0.0406. The van der Waals surface area contributed by atoms with Crippen LogP contribution in [0.3, 0.4) is 0 Å². The molecular formula is C14H23N3O5S. The first-order chi connectivity index (χ1) is 10.6. The van der Waals surface area contributed by atoms with Crippen molar-refractivity contribution >= 4 is 21.9 Å². The summed E-state index contributed by atoms with van der Waals surface area (Å²) in [6.45, 7) is 8.02. The minimum atomic E-state index is -4.04. The summed E-state index contributed by atoms with van der Waals surface area (Å²) in [6.07, 6.45) is 0. The number of aryl methyl sites for hydroxylation is 2. The fourth-order valence-corrected chi connectivity index (χ4v) is 3.57. The summed E-state index contributed by atoms with van der Waals surface area (Å²) < 4.78 is 32.0. The third kappa shape index (κ3) is 4.80. The van der Waals surface area contributed by atoms with Gasteiger partial charge in [-0.05, 0) is 34.6 Å². The number of aromatic amines is 1. The number of hydrogen-bond acceptors (Lipinski definition) is 5. The topological polar surface area (TPSA) is 117 Å². The number of sulfonamides is 1. The Hall–Kier alpha value is -1.87.